The standard InChI is InChI=1S/C48H80O9/c1-4-6-7-8-9-10-11-12-13-14-18-21-24-27-30-33-44(51)55-37-43-45(52)46(53)47(54)48(57-43)56-42(38(3)5-2)32-29-26-23-20-17-15-16-19-22-25-28-31-39-34-40(49)36-41(50)35-39/h12-13,16,19,22,25,34-36,38,42-43,45-50,52-54H,4-11,14-15,17-18,20-21,23-24,26-33,37H2,1-3H3/b13-12-,19-16+,25-22+/t38-,42-,43+,45+,46-,47+,48-/m0/s1. The first-order valence-electron chi connectivity index (χ1n) is 22.7. The number of hydrogen-bond acceptors (Lipinski definition) is 9. The van der Waals surface area contributed by atoms with Crippen LogP contribution in [0, 0.1) is 5.92 Å². The van der Waals surface area contributed by atoms with Crippen molar-refractivity contribution in [2.24, 2.45) is 5.92 Å². The van der Waals surface area contributed by atoms with Crippen LogP contribution in [0.1, 0.15) is 174 Å². The van der Waals surface area contributed by atoms with Gasteiger partial charge in [0.05, 0.1) is 6.10 Å². The van der Waals surface area contributed by atoms with Crippen LogP contribution in [0.3, 0.4) is 0 Å². The van der Waals surface area contributed by atoms with Gasteiger partial charge in [0.15, 0.2) is 6.29 Å². The Labute approximate surface area is 345 Å². The topological polar surface area (TPSA) is 146 Å². The third-order valence-corrected chi connectivity index (χ3v) is 11.1. The molecule has 7 atom stereocenters. The van der Waals surface area contributed by atoms with Gasteiger partial charge in [0.2, 0.25) is 0 Å². The van der Waals surface area contributed by atoms with Gasteiger partial charge >= 0.3 is 5.97 Å². The first-order chi connectivity index (χ1) is 27.7. The van der Waals surface area contributed by atoms with Crippen LogP contribution in [0.5, 0.6) is 11.5 Å². The average molecular weight is 801 g/mol. The number of phenolic OH excluding ortho intramolecular Hbond substituents is 2. The molecule has 1 aromatic rings. The first-order valence-corrected chi connectivity index (χ1v) is 22.7. The van der Waals surface area contributed by atoms with Gasteiger partial charge in [-0.1, -0.05) is 141 Å². The van der Waals surface area contributed by atoms with Gasteiger partial charge in [-0.3, -0.25) is 4.79 Å². The molecular formula is C48H80O9. The summed E-state index contributed by atoms with van der Waals surface area (Å²) in [6.45, 7) is 6.25. The van der Waals surface area contributed by atoms with Crippen molar-refractivity contribution in [2.75, 3.05) is 6.61 Å². The van der Waals surface area contributed by atoms with Crippen molar-refractivity contribution in [3.05, 3.63) is 60.2 Å². The summed E-state index contributed by atoms with van der Waals surface area (Å²) in [5.74, 6) is 0.0154. The number of allylic oxidation sites excluding steroid dienone is 6. The quantitative estimate of drug-likeness (QED) is 0.0203. The van der Waals surface area contributed by atoms with E-state index in [9.17, 15) is 30.3 Å². The van der Waals surface area contributed by atoms with Crippen LogP contribution in [0.25, 0.3) is 0 Å². The lowest BCUT2D eigenvalue weighted by molar-refractivity contribution is -0.315. The SMILES string of the molecule is CCCCCCCC/C=C\CCCCCCCC(=O)OC[C@H]1O[C@H](O[C@@H](CCCCCCC/C=C/C=C/CCc2cc(O)cc(O)c2)[C@@H](C)CC)[C@H](O)[C@@H](O)[C@@H]1O. The highest BCUT2D eigenvalue weighted by molar-refractivity contribution is 5.69. The molecule has 1 saturated heterocycles. The zero-order valence-corrected chi connectivity index (χ0v) is 35.8. The van der Waals surface area contributed by atoms with Gasteiger partial charge in [-0.25, -0.2) is 0 Å². The number of aliphatic hydroxyl groups excluding tert-OH is 3. The molecule has 2 rings (SSSR count). The molecule has 1 aliphatic heterocycles. The van der Waals surface area contributed by atoms with Gasteiger partial charge in [-0.2, -0.15) is 0 Å². The number of phenols is 2. The van der Waals surface area contributed by atoms with E-state index < -0.39 is 30.7 Å². The van der Waals surface area contributed by atoms with Gasteiger partial charge in [0.1, 0.15) is 42.5 Å². The van der Waals surface area contributed by atoms with Crippen molar-refractivity contribution in [3.8, 4) is 11.5 Å². The minimum atomic E-state index is -1.47. The molecule has 9 nitrogen and oxygen atoms in total. The molecule has 0 aliphatic carbocycles. The predicted octanol–water partition coefficient (Wildman–Crippen LogP) is 10.7. The van der Waals surface area contributed by atoms with E-state index in [2.05, 4.69) is 51.2 Å². The molecule has 0 amide bonds. The Kier molecular flexibility index (Phi) is 28.5. The van der Waals surface area contributed by atoms with Crippen LogP contribution in [0.2, 0.25) is 0 Å². The number of carbonyl (C=O) groups excluding carboxylic acids is 1. The lowest BCUT2D eigenvalue weighted by Crippen LogP contribution is -2.60. The van der Waals surface area contributed by atoms with E-state index >= 15 is 0 Å². The Morgan fingerprint density at radius 3 is 1.84 bits per heavy atom. The van der Waals surface area contributed by atoms with Gasteiger partial charge in [-0.15, -0.1) is 0 Å². The Balaban J connectivity index is 1.59. The van der Waals surface area contributed by atoms with Crippen molar-refractivity contribution in [1.29, 1.82) is 0 Å². The molecule has 1 heterocycles. The highest BCUT2D eigenvalue weighted by Crippen LogP contribution is 2.28. The Bertz CT molecular complexity index is 1230. The van der Waals surface area contributed by atoms with Crippen molar-refractivity contribution >= 4 is 5.97 Å². The van der Waals surface area contributed by atoms with Crippen molar-refractivity contribution in [1.82, 2.24) is 0 Å². The molecule has 0 spiro atoms. The van der Waals surface area contributed by atoms with E-state index in [1.165, 1.54) is 57.4 Å². The van der Waals surface area contributed by atoms with E-state index in [0.29, 0.717) is 6.42 Å². The fourth-order valence-electron chi connectivity index (χ4n) is 7.21. The van der Waals surface area contributed by atoms with Crippen molar-refractivity contribution < 1.29 is 44.5 Å². The highest BCUT2D eigenvalue weighted by Gasteiger charge is 2.45. The zero-order chi connectivity index (χ0) is 41.5. The van der Waals surface area contributed by atoms with Crippen LogP contribution in [0.4, 0.5) is 0 Å². The molecule has 0 unspecified atom stereocenters. The number of ether oxygens (including phenoxy) is 3. The number of benzene rings is 1. The molecule has 0 radical (unpaired) electrons. The summed E-state index contributed by atoms with van der Waals surface area (Å²) in [4.78, 5) is 12.5. The van der Waals surface area contributed by atoms with Crippen LogP contribution >= 0.6 is 0 Å². The molecule has 9 heteroatoms. The fourth-order valence-corrected chi connectivity index (χ4v) is 7.21. The number of aliphatic hydroxyl groups is 3. The second-order valence-corrected chi connectivity index (χ2v) is 16.2. The molecule has 0 saturated carbocycles. The fraction of sp³-hybridized carbons (Fsp3) is 0.729. The van der Waals surface area contributed by atoms with Gasteiger partial charge in [0.25, 0.3) is 0 Å². The maximum absolute atomic E-state index is 12.5. The molecule has 0 aromatic heterocycles. The maximum Gasteiger partial charge on any atom is 0.305 e. The van der Waals surface area contributed by atoms with E-state index in [1.54, 1.807) is 12.1 Å². The maximum atomic E-state index is 12.5. The summed E-state index contributed by atoms with van der Waals surface area (Å²) in [5, 5.41) is 51.2. The normalized spacial score (nSPS) is 21.2. The predicted molar refractivity (Wildman–Crippen MR) is 230 cm³/mol. The number of rotatable bonds is 33. The summed E-state index contributed by atoms with van der Waals surface area (Å²) in [6, 6.07) is 4.68. The number of hydrogen-bond donors (Lipinski definition) is 5. The number of esters is 1. The molecule has 1 aromatic carbocycles. The number of carbonyl (C=O) groups is 1. The molecular weight excluding hydrogens is 721 g/mol. The zero-order valence-electron chi connectivity index (χ0n) is 35.8. The summed E-state index contributed by atoms with van der Waals surface area (Å²) >= 11 is 0. The molecule has 326 valence electrons. The van der Waals surface area contributed by atoms with E-state index in [1.807, 2.05) is 6.08 Å². The first kappa shape index (κ1) is 50.5. The highest BCUT2D eigenvalue weighted by atomic mass is 16.7. The average Bonchev–Trinajstić information content (AvgIpc) is 3.19. The largest absolute Gasteiger partial charge is 0.508 e. The minimum Gasteiger partial charge on any atom is -0.508 e. The van der Waals surface area contributed by atoms with Crippen LogP contribution in [-0.4, -0.2) is 74.9 Å². The van der Waals surface area contributed by atoms with Gasteiger partial charge in [-0.05, 0) is 87.8 Å². The van der Waals surface area contributed by atoms with E-state index in [-0.39, 0.29) is 36.1 Å². The van der Waals surface area contributed by atoms with Crippen LogP contribution in [-0.2, 0) is 25.4 Å². The van der Waals surface area contributed by atoms with Crippen molar-refractivity contribution in [2.45, 2.75) is 212 Å². The summed E-state index contributed by atoms with van der Waals surface area (Å²) in [7, 11) is 0. The number of aryl methyl sites for hydroxylation is 1. The van der Waals surface area contributed by atoms with E-state index in [4.69, 9.17) is 14.2 Å². The molecule has 0 bridgehead atoms. The summed E-state index contributed by atoms with van der Waals surface area (Å²) in [5.41, 5.74) is 0.907. The molecule has 1 fully saturated rings. The van der Waals surface area contributed by atoms with Crippen LogP contribution in [0.15, 0.2) is 54.7 Å². The second kappa shape index (κ2) is 32.2. The number of unbranched alkanes of at least 4 members (excludes halogenated alkanes) is 16. The van der Waals surface area contributed by atoms with Crippen molar-refractivity contribution in [3.63, 3.8) is 0 Å². The van der Waals surface area contributed by atoms with Gasteiger partial charge < -0.3 is 39.7 Å². The second-order valence-electron chi connectivity index (χ2n) is 16.2. The van der Waals surface area contributed by atoms with Gasteiger partial charge in [0, 0.05) is 12.5 Å². The Morgan fingerprint density at radius 1 is 0.684 bits per heavy atom. The third kappa shape index (κ3) is 23.5. The molecule has 5 N–H and O–H groups in total. The van der Waals surface area contributed by atoms with E-state index in [0.717, 1.165) is 102 Å². The smallest absolute Gasteiger partial charge is 0.305 e. The molecule has 57 heavy (non-hydrogen) atoms. The summed E-state index contributed by atoms with van der Waals surface area (Å²) in [6.07, 6.45) is 31.8. The summed E-state index contributed by atoms with van der Waals surface area (Å²) < 4.78 is 17.7. The lowest BCUT2D eigenvalue weighted by atomic mass is 9.95. The Hall–Kier alpha value is -2.69. The third-order valence-electron chi connectivity index (χ3n) is 11.1. The number of aromatic hydroxyl groups is 2. The minimum absolute atomic E-state index is 0.0816. The van der Waals surface area contributed by atoms with Crippen LogP contribution < -0.4 is 0 Å². The molecule has 1 aliphatic rings. The lowest BCUT2D eigenvalue weighted by Gasteiger charge is -2.42. The Morgan fingerprint density at radius 2 is 1.23 bits per heavy atom. The monoisotopic (exact) mass is 801 g/mol.